The van der Waals surface area contributed by atoms with Gasteiger partial charge in [0.1, 0.15) is 5.60 Å². The van der Waals surface area contributed by atoms with Gasteiger partial charge in [-0.3, -0.25) is 9.80 Å². The standard InChI is InChI=1S/C26H35N3O4/c1-25(2,3)33-24(32)29-16-15-28(23(30)31)20-26(29,4)19-27(17-21-11-7-5-8-12-21)18-22-13-9-6-10-14-22/h5-14H,15-20H2,1-4H3,(H,30,31). The summed E-state index contributed by atoms with van der Waals surface area (Å²) < 4.78 is 5.69. The van der Waals surface area contributed by atoms with Crippen molar-refractivity contribution in [2.24, 2.45) is 0 Å². The second-order valence-corrected chi connectivity index (χ2v) is 9.95. The zero-order valence-corrected chi connectivity index (χ0v) is 20.0. The fourth-order valence-corrected chi connectivity index (χ4v) is 4.33. The van der Waals surface area contributed by atoms with Gasteiger partial charge in [-0.25, -0.2) is 9.59 Å². The minimum Gasteiger partial charge on any atom is -0.465 e. The van der Waals surface area contributed by atoms with Crippen molar-refractivity contribution in [3.8, 4) is 0 Å². The normalized spacial score (nSPS) is 18.9. The summed E-state index contributed by atoms with van der Waals surface area (Å²) in [6.45, 7) is 10.1. The molecule has 1 heterocycles. The number of carbonyl (C=O) groups is 2. The molecule has 0 aliphatic carbocycles. The number of hydrogen-bond donors (Lipinski definition) is 1. The number of carboxylic acid groups (broad SMARTS) is 1. The molecule has 7 nitrogen and oxygen atoms in total. The highest BCUT2D eigenvalue weighted by molar-refractivity contribution is 5.71. The predicted octanol–water partition coefficient (Wildman–Crippen LogP) is 4.68. The Labute approximate surface area is 196 Å². The van der Waals surface area contributed by atoms with E-state index in [0.717, 1.165) is 11.1 Å². The maximum Gasteiger partial charge on any atom is 0.410 e. The Balaban J connectivity index is 1.89. The topological polar surface area (TPSA) is 73.3 Å². The van der Waals surface area contributed by atoms with E-state index in [9.17, 15) is 14.7 Å². The van der Waals surface area contributed by atoms with Crippen LogP contribution in [-0.4, -0.2) is 69.3 Å². The van der Waals surface area contributed by atoms with Gasteiger partial charge in [-0.2, -0.15) is 0 Å². The van der Waals surface area contributed by atoms with Gasteiger partial charge >= 0.3 is 12.2 Å². The summed E-state index contributed by atoms with van der Waals surface area (Å²) in [6.07, 6.45) is -1.38. The summed E-state index contributed by atoms with van der Waals surface area (Å²) in [7, 11) is 0. The van der Waals surface area contributed by atoms with E-state index in [-0.39, 0.29) is 13.1 Å². The summed E-state index contributed by atoms with van der Waals surface area (Å²) in [5, 5.41) is 9.66. The first-order chi connectivity index (χ1) is 15.6. The summed E-state index contributed by atoms with van der Waals surface area (Å²) in [4.78, 5) is 30.3. The Hall–Kier alpha value is -3.06. The van der Waals surface area contributed by atoms with Crippen molar-refractivity contribution in [3.63, 3.8) is 0 Å². The number of piperazine rings is 1. The number of nitrogens with zero attached hydrogens (tertiary/aromatic N) is 3. The maximum absolute atomic E-state index is 13.1. The van der Waals surface area contributed by atoms with Gasteiger partial charge in [0.15, 0.2) is 0 Å². The summed E-state index contributed by atoms with van der Waals surface area (Å²) >= 11 is 0. The van der Waals surface area contributed by atoms with Gasteiger partial charge in [0.25, 0.3) is 0 Å². The van der Waals surface area contributed by atoms with Gasteiger partial charge in [0.2, 0.25) is 0 Å². The number of ether oxygens (including phenoxy) is 1. The molecule has 0 bridgehead atoms. The smallest absolute Gasteiger partial charge is 0.410 e. The highest BCUT2D eigenvalue weighted by Gasteiger charge is 2.44. The number of amides is 2. The van der Waals surface area contributed by atoms with Crippen LogP contribution >= 0.6 is 0 Å². The Morgan fingerprint density at radius 3 is 1.94 bits per heavy atom. The van der Waals surface area contributed by atoms with Gasteiger partial charge in [-0.05, 0) is 38.8 Å². The SMILES string of the molecule is CC(C)(C)OC(=O)N1CCN(C(=O)O)CC1(C)CN(Cc1ccccc1)Cc1ccccc1. The average Bonchev–Trinajstić information content (AvgIpc) is 2.73. The molecule has 3 rings (SSSR count). The number of benzene rings is 2. The molecule has 1 saturated heterocycles. The fourth-order valence-electron chi connectivity index (χ4n) is 4.33. The molecular formula is C26H35N3O4. The second kappa shape index (κ2) is 10.3. The Morgan fingerprint density at radius 1 is 0.970 bits per heavy atom. The average molecular weight is 454 g/mol. The molecule has 0 radical (unpaired) electrons. The van der Waals surface area contributed by atoms with E-state index in [1.54, 1.807) is 4.90 Å². The molecule has 0 saturated carbocycles. The first-order valence-electron chi connectivity index (χ1n) is 11.3. The Bertz CT molecular complexity index is 888. The zero-order valence-electron chi connectivity index (χ0n) is 20.0. The van der Waals surface area contributed by atoms with Crippen LogP contribution in [0.2, 0.25) is 0 Å². The molecule has 1 N–H and O–H groups in total. The molecule has 2 aromatic carbocycles. The molecule has 1 atom stereocenters. The van der Waals surface area contributed by atoms with Gasteiger partial charge < -0.3 is 14.7 Å². The number of rotatable bonds is 6. The van der Waals surface area contributed by atoms with Gasteiger partial charge in [0.05, 0.1) is 5.54 Å². The molecule has 1 unspecified atom stereocenters. The summed E-state index contributed by atoms with van der Waals surface area (Å²) in [6, 6.07) is 20.3. The fraction of sp³-hybridized carbons (Fsp3) is 0.462. The minimum atomic E-state index is -0.970. The Morgan fingerprint density at radius 2 is 1.48 bits per heavy atom. The van der Waals surface area contributed by atoms with Crippen LogP contribution in [0.3, 0.4) is 0 Å². The van der Waals surface area contributed by atoms with Crippen LogP contribution in [0, 0.1) is 0 Å². The van der Waals surface area contributed by atoms with Crippen molar-refractivity contribution in [3.05, 3.63) is 71.8 Å². The molecule has 1 aliphatic rings. The molecule has 33 heavy (non-hydrogen) atoms. The quantitative estimate of drug-likeness (QED) is 0.688. The van der Waals surface area contributed by atoms with Crippen LogP contribution in [0.25, 0.3) is 0 Å². The highest BCUT2D eigenvalue weighted by Crippen LogP contribution is 2.27. The van der Waals surface area contributed by atoms with Crippen molar-refractivity contribution in [2.75, 3.05) is 26.2 Å². The lowest BCUT2D eigenvalue weighted by Crippen LogP contribution is -2.67. The van der Waals surface area contributed by atoms with E-state index in [1.165, 1.54) is 4.90 Å². The third-order valence-corrected chi connectivity index (χ3v) is 5.72. The van der Waals surface area contributed by atoms with Crippen LogP contribution in [0.5, 0.6) is 0 Å². The van der Waals surface area contributed by atoms with Crippen molar-refractivity contribution in [2.45, 2.75) is 51.9 Å². The van der Waals surface area contributed by atoms with E-state index >= 15 is 0 Å². The Kier molecular flexibility index (Phi) is 7.64. The minimum absolute atomic E-state index is 0.224. The lowest BCUT2D eigenvalue weighted by Gasteiger charge is -2.49. The van der Waals surface area contributed by atoms with Crippen molar-refractivity contribution < 1.29 is 19.4 Å². The molecule has 7 heteroatoms. The second-order valence-electron chi connectivity index (χ2n) is 9.95. The van der Waals surface area contributed by atoms with E-state index in [1.807, 2.05) is 64.1 Å². The van der Waals surface area contributed by atoms with E-state index < -0.39 is 23.3 Å². The van der Waals surface area contributed by atoms with Crippen molar-refractivity contribution in [1.82, 2.24) is 14.7 Å². The van der Waals surface area contributed by atoms with Crippen LogP contribution in [0.4, 0.5) is 9.59 Å². The third-order valence-electron chi connectivity index (χ3n) is 5.72. The predicted molar refractivity (Wildman–Crippen MR) is 128 cm³/mol. The lowest BCUT2D eigenvalue weighted by atomic mass is 9.95. The lowest BCUT2D eigenvalue weighted by molar-refractivity contribution is -0.0372. The number of carbonyl (C=O) groups excluding carboxylic acids is 1. The summed E-state index contributed by atoms with van der Waals surface area (Å²) in [5.74, 6) is 0. The molecule has 1 fully saturated rings. The van der Waals surface area contributed by atoms with Crippen molar-refractivity contribution >= 4 is 12.2 Å². The van der Waals surface area contributed by atoms with Gasteiger partial charge in [-0.1, -0.05) is 60.7 Å². The van der Waals surface area contributed by atoms with E-state index in [0.29, 0.717) is 26.2 Å². The van der Waals surface area contributed by atoms with E-state index in [4.69, 9.17) is 4.74 Å². The molecule has 2 aromatic rings. The van der Waals surface area contributed by atoms with Crippen LogP contribution in [-0.2, 0) is 17.8 Å². The first kappa shape index (κ1) is 24.6. The van der Waals surface area contributed by atoms with Crippen LogP contribution in [0.15, 0.2) is 60.7 Å². The molecule has 0 spiro atoms. The molecule has 178 valence electrons. The monoisotopic (exact) mass is 453 g/mol. The maximum atomic E-state index is 13.1. The molecular weight excluding hydrogens is 418 g/mol. The highest BCUT2D eigenvalue weighted by atomic mass is 16.6. The summed E-state index contributed by atoms with van der Waals surface area (Å²) in [5.41, 5.74) is 0.941. The third kappa shape index (κ3) is 6.96. The van der Waals surface area contributed by atoms with Gasteiger partial charge in [0, 0.05) is 39.3 Å². The molecule has 1 aliphatic heterocycles. The number of hydrogen-bond acceptors (Lipinski definition) is 4. The van der Waals surface area contributed by atoms with E-state index in [2.05, 4.69) is 29.2 Å². The van der Waals surface area contributed by atoms with Crippen LogP contribution < -0.4 is 0 Å². The first-order valence-corrected chi connectivity index (χ1v) is 11.3. The van der Waals surface area contributed by atoms with Crippen molar-refractivity contribution in [1.29, 1.82) is 0 Å². The molecule has 0 aromatic heterocycles. The largest absolute Gasteiger partial charge is 0.465 e. The molecule has 2 amide bonds. The van der Waals surface area contributed by atoms with Crippen LogP contribution in [0.1, 0.15) is 38.8 Å². The zero-order chi connectivity index (χ0) is 24.1. The van der Waals surface area contributed by atoms with Gasteiger partial charge in [-0.15, -0.1) is 0 Å².